The van der Waals surface area contributed by atoms with E-state index in [-0.39, 0.29) is 11.8 Å². The Morgan fingerprint density at radius 1 is 1.29 bits per heavy atom. The van der Waals surface area contributed by atoms with Crippen molar-refractivity contribution in [1.82, 2.24) is 5.32 Å². The smallest absolute Gasteiger partial charge is 0.228 e. The van der Waals surface area contributed by atoms with E-state index in [9.17, 15) is 4.79 Å². The quantitative estimate of drug-likeness (QED) is 0.893. The lowest BCUT2D eigenvalue weighted by Crippen LogP contribution is -2.31. The van der Waals surface area contributed by atoms with Crippen LogP contribution in [0.15, 0.2) is 18.2 Å². The molecule has 0 radical (unpaired) electrons. The fourth-order valence-corrected chi connectivity index (χ4v) is 3.68. The summed E-state index contributed by atoms with van der Waals surface area (Å²) in [7, 11) is 0. The molecule has 1 aromatic rings. The molecule has 1 aromatic carbocycles. The van der Waals surface area contributed by atoms with E-state index >= 15 is 0 Å². The van der Waals surface area contributed by atoms with Crippen molar-refractivity contribution in [1.29, 1.82) is 0 Å². The van der Waals surface area contributed by atoms with Gasteiger partial charge in [0.1, 0.15) is 0 Å². The van der Waals surface area contributed by atoms with Gasteiger partial charge in [-0.2, -0.15) is 0 Å². The van der Waals surface area contributed by atoms with Crippen molar-refractivity contribution < 1.29 is 4.79 Å². The number of nitrogens with one attached hydrogen (secondary N) is 2. The Kier molecular flexibility index (Phi) is 4.03. The van der Waals surface area contributed by atoms with Gasteiger partial charge >= 0.3 is 0 Å². The van der Waals surface area contributed by atoms with Gasteiger partial charge in [0.05, 0.1) is 0 Å². The van der Waals surface area contributed by atoms with E-state index in [1.807, 2.05) is 0 Å². The predicted molar refractivity (Wildman–Crippen MR) is 86.5 cm³/mol. The van der Waals surface area contributed by atoms with Gasteiger partial charge in [0.15, 0.2) is 0 Å². The molecule has 114 valence electrons. The molecule has 3 rings (SSSR count). The second-order valence-electron chi connectivity index (χ2n) is 6.56. The Morgan fingerprint density at radius 2 is 2.05 bits per heavy atom. The van der Waals surface area contributed by atoms with E-state index in [1.165, 1.54) is 11.1 Å². The van der Waals surface area contributed by atoms with Crippen LogP contribution < -0.4 is 10.6 Å². The molecule has 1 unspecified atom stereocenters. The number of hydrogen-bond donors (Lipinski definition) is 2. The lowest BCUT2D eigenvalue weighted by Gasteiger charge is -2.23. The van der Waals surface area contributed by atoms with E-state index in [0.717, 1.165) is 50.9 Å². The molecule has 1 amide bonds. The number of amides is 1. The number of anilines is 1. The predicted octanol–water partition coefficient (Wildman–Crippen LogP) is 3.14. The van der Waals surface area contributed by atoms with Crippen molar-refractivity contribution in [2.75, 3.05) is 18.4 Å². The van der Waals surface area contributed by atoms with Gasteiger partial charge in [-0.3, -0.25) is 4.79 Å². The van der Waals surface area contributed by atoms with Crippen LogP contribution in [-0.4, -0.2) is 19.0 Å². The summed E-state index contributed by atoms with van der Waals surface area (Å²) < 4.78 is 0. The molecule has 0 bridgehead atoms. The summed E-state index contributed by atoms with van der Waals surface area (Å²) in [5, 5.41) is 6.60. The SMILES string of the molecule is CCc1ccc(CC)c(NC(=O)C2CC23CCNCC3)c1. The fraction of sp³-hybridized carbons (Fsp3) is 0.611. The molecule has 1 heterocycles. The molecule has 2 aliphatic rings. The molecule has 1 saturated carbocycles. The third kappa shape index (κ3) is 2.84. The van der Waals surface area contributed by atoms with Gasteiger partial charge in [-0.1, -0.05) is 26.0 Å². The molecular weight excluding hydrogens is 260 g/mol. The van der Waals surface area contributed by atoms with Gasteiger partial charge in [-0.25, -0.2) is 0 Å². The van der Waals surface area contributed by atoms with Crippen LogP contribution >= 0.6 is 0 Å². The van der Waals surface area contributed by atoms with Crippen molar-refractivity contribution in [2.24, 2.45) is 11.3 Å². The number of benzene rings is 1. The van der Waals surface area contributed by atoms with Crippen LogP contribution in [0, 0.1) is 11.3 Å². The Labute approximate surface area is 127 Å². The average molecular weight is 286 g/mol. The standard InChI is InChI=1S/C18H26N2O/c1-3-13-5-6-14(4-2)16(11-13)20-17(21)15-12-18(15)7-9-19-10-8-18/h5-6,11,15,19H,3-4,7-10,12H2,1-2H3,(H,20,21). The summed E-state index contributed by atoms with van der Waals surface area (Å²) in [6.07, 6.45) is 5.35. The molecule has 3 nitrogen and oxygen atoms in total. The van der Waals surface area contributed by atoms with Crippen LogP contribution in [0.1, 0.15) is 44.2 Å². The van der Waals surface area contributed by atoms with Crippen molar-refractivity contribution in [3.05, 3.63) is 29.3 Å². The van der Waals surface area contributed by atoms with Crippen molar-refractivity contribution in [3.8, 4) is 0 Å². The highest BCUT2D eigenvalue weighted by molar-refractivity contribution is 5.95. The first kappa shape index (κ1) is 14.6. The van der Waals surface area contributed by atoms with Crippen LogP contribution in [0.3, 0.4) is 0 Å². The Bertz CT molecular complexity index is 532. The fourth-order valence-electron chi connectivity index (χ4n) is 3.68. The summed E-state index contributed by atoms with van der Waals surface area (Å²) in [5.74, 6) is 0.467. The minimum absolute atomic E-state index is 0.231. The summed E-state index contributed by atoms with van der Waals surface area (Å²) in [6.45, 7) is 6.42. The highest BCUT2D eigenvalue weighted by Gasteiger charge is 2.57. The minimum atomic E-state index is 0.231. The normalized spacial score (nSPS) is 23.0. The van der Waals surface area contributed by atoms with Crippen molar-refractivity contribution >= 4 is 11.6 Å². The second kappa shape index (κ2) is 5.80. The largest absolute Gasteiger partial charge is 0.326 e. The number of aryl methyl sites for hydroxylation is 2. The molecule has 1 saturated heterocycles. The van der Waals surface area contributed by atoms with Gasteiger partial charge in [-0.15, -0.1) is 0 Å². The van der Waals surface area contributed by atoms with Gasteiger partial charge < -0.3 is 10.6 Å². The molecule has 3 heteroatoms. The van der Waals surface area contributed by atoms with Gasteiger partial charge in [0.2, 0.25) is 5.91 Å². The Balaban J connectivity index is 1.70. The summed E-state index contributed by atoms with van der Waals surface area (Å²) in [6, 6.07) is 6.47. The highest BCUT2D eigenvalue weighted by Crippen LogP contribution is 2.58. The summed E-state index contributed by atoms with van der Waals surface area (Å²) in [4.78, 5) is 12.6. The molecule has 0 aromatic heterocycles. The number of hydrogen-bond acceptors (Lipinski definition) is 2. The third-order valence-corrected chi connectivity index (χ3v) is 5.33. The van der Waals surface area contributed by atoms with E-state index < -0.39 is 0 Å². The zero-order valence-electron chi connectivity index (χ0n) is 13.2. The van der Waals surface area contributed by atoms with Crippen molar-refractivity contribution in [2.45, 2.75) is 46.0 Å². The first-order valence-corrected chi connectivity index (χ1v) is 8.32. The van der Waals surface area contributed by atoms with E-state index in [2.05, 4.69) is 42.7 Å². The van der Waals surface area contributed by atoms with Gasteiger partial charge in [-0.05, 0) is 67.8 Å². The molecule has 2 fully saturated rings. The van der Waals surface area contributed by atoms with Crippen LogP contribution in [0.4, 0.5) is 5.69 Å². The highest BCUT2D eigenvalue weighted by atomic mass is 16.2. The maximum absolute atomic E-state index is 12.6. The summed E-state index contributed by atoms with van der Waals surface area (Å²) in [5.41, 5.74) is 3.86. The second-order valence-corrected chi connectivity index (χ2v) is 6.56. The number of rotatable bonds is 4. The molecular formula is C18H26N2O. The number of carbonyl (C=O) groups excluding carboxylic acids is 1. The lowest BCUT2D eigenvalue weighted by molar-refractivity contribution is -0.118. The first-order chi connectivity index (χ1) is 10.2. The van der Waals surface area contributed by atoms with Crippen LogP contribution in [0.2, 0.25) is 0 Å². The molecule has 21 heavy (non-hydrogen) atoms. The van der Waals surface area contributed by atoms with Crippen LogP contribution in [0.5, 0.6) is 0 Å². The molecule has 2 N–H and O–H groups in total. The van der Waals surface area contributed by atoms with E-state index in [1.54, 1.807) is 0 Å². The zero-order valence-corrected chi connectivity index (χ0v) is 13.2. The van der Waals surface area contributed by atoms with Crippen molar-refractivity contribution in [3.63, 3.8) is 0 Å². The Morgan fingerprint density at radius 3 is 2.71 bits per heavy atom. The van der Waals surface area contributed by atoms with Crippen LogP contribution in [0.25, 0.3) is 0 Å². The maximum atomic E-state index is 12.6. The minimum Gasteiger partial charge on any atom is -0.326 e. The molecule has 1 aliphatic heterocycles. The molecule has 1 spiro atoms. The monoisotopic (exact) mass is 286 g/mol. The van der Waals surface area contributed by atoms with E-state index in [4.69, 9.17) is 0 Å². The van der Waals surface area contributed by atoms with Gasteiger partial charge in [0.25, 0.3) is 0 Å². The lowest BCUT2D eigenvalue weighted by atomic mass is 9.91. The zero-order chi connectivity index (χ0) is 14.9. The maximum Gasteiger partial charge on any atom is 0.228 e. The Hall–Kier alpha value is -1.35. The third-order valence-electron chi connectivity index (χ3n) is 5.33. The van der Waals surface area contributed by atoms with Crippen LogP contribution in [-0.2, 0) is 17.6 Å². The topological polar surface area (TPSA) is 41.1 Å². The van der Waals surface area contributed by atoms with E-state index in [0.29, 0.717) is 5.41 Å². The number of piperidine rings is 1. The molecule has 1 atom stereocenters. The summed E-state index contributed by atoms with van der Waals surface area (Å²) >= 11 is 0. The first-order valence-electron chi connectivity index (χ1n) is 8.32. The van der Waals surface area contributed by atoms with Gasteiger partial charge in [0, 0.05) is 11.6 Å². The number of carbonyl (C=O) groups is 1. The average Bonchev–Trinajstić information content (AvgIpc) is 3.21. The molecule has 1 aliphatic carbocycles.